The summed E-state index contributed by atoms with van der Waals surface area (Å²) in [5.41, 5.74) is 4.07. The summed E-state index contributed by atoms with van der Waals surface area (Å²) in [4.78, 5) is 13.7. The number of aliphatic carboxylic acids is 1. The Morgan fingerprint density at radius 3 is 2.29 bits per heavy atom. The summed E-state index contributed by atoms with van der Waals surface area (Å²) in [6.07, 6.45) is 2.43. The number of rotatable bonds is 15. The van der Waals surface area contributed by atoms with E-state index in [2.05, 4.69) is 21.8 Å². The van der Waals surface area contributed by atoms with E-state index >= 15 is 0 Å². The summed E-state index contributed by atoms with van der Waals surface area (Å²) in [6, 6.07) is 20.2. The molecule has 0 spiro atoms. The van der Waals surface area contributed by atoms with E-state index in [1.54, 1.807) is 12.1 Å². The Balaban J connectivity index is 1.39. The maximum absolute atomic E-state index is 12.7. The van der Waals surface area contributed by atoms with E-state index in [1.165, 1.54) is 12.1 Å². The van der Waals surface area contributed by atoms with Gasteiger partial charge in [0, 0.05) is 37.6 Å². The van der Waals surface area contributed by atoms with Crippen LogP contribution in [0.3, 0.4) is 0 Å². The Morgan fingerprint density at radius 1 is 0.927 bits per heavy atom. The van der Waals surface area contributed by atoms with E-state index in [9.17, 15) is 18.3 Å². The number of carboxylic acid groups (broad SMARTS) is 1. The van der Waals surface area contributed by atoms with Gasteiger partial charge in [-0.1, -0.05) is 48.0 Å². The third kappa shape index (κ3) is 10.1. The van der Waals surface area contributed by atoms with Crippen LogP contribution in [0.15, 0.2) is 71.6 Å². The summed E-state index contributed by atoms with van der Waals surface area (Å²) in [5, 5.41) is 9.67. The lowest BCUT2D eigenvalue weighted by atomic mass is 9.96. The molecule has 0 aromatic heterocycles. The minimum atomic E-state index is -3.66. The average molecular weight is 601 g/mol. The zero-order valence-corrected chi connectivity index (χ0v) is 24.6. The van der Waals surface area contributed by atoms with E-state index in [0.29, 0.717) is 24.5 Å². The molecule has 8 nitrogen and oxygen atoms in total. The molecule has 3 aromatic carbocycles. The first-order chi connectivity index (χ1) is 19.8. The first-order valence-electron chi connectivity index (χ1n) is 13.9. The monoisotopic (exact) mass is 600 g/mol. The number of nitrogens with one attached hydrogen (secondary N) is 1. The van der Waals surface area contributed by atoms with E-state index < -0.39 is 16.0 Å². The van der Waals surface area contributed by atoms with Crippen molar-refractivity contribution in [2.75, 3.05) is 46.0 Å². The number of ether oxygens (including phenoxy) is 2. The molecular weight excluding hydrogens is 564 g/mol. The highest BCUT2D eigenvalue weighted by Gasteiger charge is 2.14. The van der Waals surface area contributed by atoms with Gasteiger partial charge in [-0.2, -0.15) is 0 Å². The number of morpholine rings is 1. The second-order valence-corrected chi connectivity index (χ2v) is 12.3. The molecule has 1 aliphatic rings. The highest BCUT2D eigenvalue weighted by Crippen LogP contribution is 2.22. The van der Waals surface area contributed by atoms with Crippen LogP contribution in [0.1, 0.15) is 28.7 Å². The second kappa shape index (κ2) is 15.3. The largest absolute Gasteiger partial charge is 0.492 e. The van der Waals surface area contributed by atoms with Crippen LogP contribution in [0.5, 0.6) is 5.75 Å². The molecule has 0 atom stereocenters. The molecule has 0 saturated carbocycles. The molecule has 1 fully saturated rings. The standard InChI is InChI=1S/C31H37ClN2O6S/c32-28-8-10-29(11-9-28)41(37,38)33-14-13-26-22-24(21-25(23-26)6-12-31(35)36)5-7-27-3-1-2-4-30(27)40-20-17-34-15-18-39-19-16-34/h1-4,8-11,21-23,33H,5-7,12-20H2,(H,35,36). The maximum Gasteiger partial charge on any atom is 0.303 e. The fourth-order valence-electron chi connectivity index (χ4n) is 4.79. The minimum absolute atomic E-state index is 0.0336. The summed E-state index contributed by atoms with van der Waals surface area (Å²) >= 11 is 5.88. The van der Waals surface area contributed by atoms with Gasteiger partial charge in [-0.15, -0.1) is 0 Å². The van der Waals surface area contributed by atoms with Crippen molar-refractivity contribution in [2.45, 2.75) is 37.0 Å². The predicted octanol–water partition coefficient (Wildman–Crippen LogP) is 4.37. The van der Waals surface area contributed by atoms with Gasteiger partial charge in [-0.05, 0) is 78.3 Å². The van der Waals surface area contributed by atoms with Gasteiger partial charge in [0.2, 0.25) is 10.0 Å². The molecule has 41 heavy (non-hydrogen) atoms. The number of para-hydroxylation sites is 1. The molecule has 0 aliphatic carbocycles. The average Bonchev–Trinajstić information content (AvgIpc) is 2.96. The van der Waals surface area contributed by atoms with Crippen molar-refractivity contribution >= 4 is 27.6 Å². The van der Waals surface area contributed by atoms with Crippen LogP contribution in [0, 0.1) is 0 Å². The number of benzene rings is 3. The summed E-state index contributed by atoms with van der Waals surface area (Å²) < 4.78 is 39.5. The van der Waals surface area contributed by atoms with Crippen molar-refractivity contribution in [1.82, 2.24) is 9.62 Å². The number of sulfonamides is 1. The first-order valence-corrected chi connectivity index (χ1v) is 15.7. The number of hydrogen-bond donors (Lipinski definition) is 2. The van der Waals surface area contributed by atoms with Crippen molar-refractivity contribution in [2.24, 2.45) is 0 Å². The Kier molecular flexibility index (Phi) is 11.6. The van der Waals surface area contributed by atoms with Crippen molar-refractivity contribution < 1.29 is 27.8 Å². The molecule has 1 aliphatic heterocycles. The van der Waals surface area contributed by atoms with Gasteiger partial charge in [0.25, 0.3) is 0 Å². The number of halogens is 1. The molecule has 0 bridgehead atoms. The van der Waals surface area contributed by atoms with Gasteiger partial charge in [-0.3, -0.25) is 9.69 Å². The molecule has 3 aromatic rings. The van der Waals surface area contributed by atoms with Crippen LogP contribution in [-0.2, 0) is 45.2 Å². The molecule has 0 amide bonds. The van der Waals surface area contributed by atoms with Crippen LogP contribution in [-0.4, -0.2) is 70.4 Å². The lowest BCUT2D eigenvalue weighted by Gasteiger charge is -2.26. The number of nitrogens with zero attached hydrogens (tertiary/aromatic N) is 1. The third-order valence-corrected chi connectivity index (χ3v) is 8.72. The Morgan fingerprint density at radius 2 is 1.59 bits per heavy atom. The quantitative estimate of drug-likeness (QED) is 0.267. The third-order valence-electron chi connectivity index (χ3n) is 6.99. The normalized spacial score (nSPS) is 14.2. The number of hydrogen-bond acceptors (Lipinski definition) is 6. The van der Waals surface area contributed by atoms with E-state index in [4.69, 9.17) is 21.1 Å². The van der Waals surface area contributed by atoms with Gasteiger partial charge in [0.15, 0.2) is 0 Å². The smallest absolute Gasteiger partial charge is 0.303 e. The molecule has 220 valence electrons. The lowest BCUT2D eigenvalue weighted by molar-refractivity contribution is -0.136. The number of carboxylic acids is 1. The van der Waals surface area contributed by atoms with E-state index in [0.717, 1.165) is 73.7 Å². The maximum atomic E-state index is 12.7. The summed E-state index contributed by atoms with van der Waals surface area (Å²) in [5.74, 6) is 0.0236. The predicted molar refractivity (Wildman–Crippen MR) is 159 cm³/mol. The van der Waals surface area contributed by atoms with Crippen molar-refractivity contribution in [3.8, 4) is 5.75 Å². The van der Waals surface area contributed by atoms with Gasteiger partial charge in [0.05, 0.1) is 18.1 Å². The molecule has 1 heterocycles. The topological polar surface area (TPSA) is 105 Å². The highest BCUT2D eigenvalue weighted by atomic mass is 35.5. The lowest BCUT2D eigenvalue weighted by Crippen LogP contribution is -2.38. The Bertz CT molecular complexity index is 1390. The van der Waals surface area contributed by atoms with Crippen molar-refractivity contribution in [3.63, 3.8) is 0 Å². The SMILES string of the molecule is O=C(O)CCc1cc(CCNS(=O)(=O)c2ccc(Cl)cc2)cc(CCc2ccccc2OCCN2CCOCC2)c1. The van der Waals surface area contributed by atoms with Crippen LogP contribution < -0.4 is 9.46 Å². The van der Waals surface area contributed by atoms with Gasteiger partial charge in [-0.25, -0.2) is 13.1 Å². The number of carbonyl (C=O) groups is 1. The number of aryl methyl sites for hydroxylation is 3. The van der Waals surface area contributed by atoms with Crippen molar-refractivity contribution in [3.05, 3.63) is 94.0 Å². The van der Waals surface area contributed by atoms with Gasteiger partial charge < -0.3 is 14.6 Å². The van der Waals surface area contributed by atoms with Crippen LogP contribution in [0.2, 0.25) is 5.02 Å². The zero-order valence-electron chi connectivity index (χ0n) is 23.1. The zero-order chi connectivity index (χ0) is 29.1. The molecule has 0 unspecified atom stereocenters. The van der Waals surface area contributed by atoms with Crippen LogP contribution in [0.25, 0.3) is 0 Å². The highest BCUT2D eigenvalue weighted by molar-refractivity contribution is 7.89. The molecule has 1 saturated heterocycles. The first kappa shape index (κ1) is 31.0. The van der Waals surface area contributed by atoms with E-state index in [-0.39, 0.29) is 17.9 Å². The fourth-order valence-corrected chi connectivity index (χ4v) is 5.95. The Labute approximate surface area is 247 Å². The van der Waals surface area contributed by atoms with Gasteiger partial charge in [0.1, 0.15) is 12.4 Å². The van der Waals surface area contributed by atoms with Crippen LogP contribution in [0.4, 0.5) is 0 Å². The van der Waals surface area contributed by atoms with Crippen LogP contribution >= 0.6 is 11.6 Å². The van der Waals surface area contributed by atoms with Gasteiger partial charge >= 0.3 is 5.97 Å². The van der Waals surface area contributed by atoms with Crippen molar-refractivity contribution in [1.29, 1.82) is 0 Å². The molecule has 10 heteroatoms. The second-order valence-electron chi connectivity index (χ2n) is 10.1. The molecule has 0 radical (unpaired) electrons. The summed E-state index contributed by atoms with van der Waals surface area (Å²) in [7, 11) is -3.66. The Hall–Kier alpha value is -2.95. The fraction of sp³-hybridized carbons (Fsp3) is 0.387. The molecular formula is C31H37ClN2O6S. The molecule has 2 N–H and O–H groups in total. The van der Waals surface area contributed by atoms with E-state index in [1.807, 2.05) is 30.3 Å². The summed E-state index contributed by atoms with van der Waals surface area (Å²) in [6.45, 7) is 5.05. The molecule has 4 rings (SSSR count). The minimum Gasteiger partial charge on any atom is -0.492 e.